The fraction of sp³-hybridized carbons (Fsp3) is 0.548. The van der Waals surface area contributed by atoms with Crippen molar-refractivity contribution in [2.45, 2.75) is 107 Å². The Morgan fingerprint density at radius 2 is 1.67 bits per heavy atom. The number of aliphatic carboxylic acids is 1. The largest absolute Gasteiger partial charge is 0.479 e. The van der Waals surface area contributed by atoms with Gasteiger partial charge in [-0.15, -0.1) is 0 Å². The molecule has 310 valence electrons. The van der Waals surface area contributed by atoms with Crippen molar-refractivity contribution >= 4 is 17.8 Å². The molecule has 2 amide bonds. The molecule has 57 heavy (non-hydrogen) atoms. The maximum Gasteiger partial charge on any atom is 0.335 e. The highest BCUT2D eigenvalue weighted by atomic mass is 16.6. The SMILES string of the molecule is CC(C)(C)NC(=O)[C@@H]1CN(CC2=CN(C3O[C@H](C(=O)O)[C@@H](O)[C@H](O)[C@H]3O)C=CC2)CCN1C[C@@H](O)C[C@H](Cc1ccccc1)C(=O)N[C@H]1c2ccccc2C[C@H]1O. The van der Waals surface area contributed by atoms with Crippen LogP contribution in [0.15, 0.2) is 78.6 Å². The van der Waals surface area contributed by atoms with Gasteiger partial charge in [0, 0.05) is 63.0 Å². The first-order chi connectivity index (χ1) is 27.1. The van der Waals surface area contributed by atoms with E-state index in [4.69, 9.17) is 4.74 Å². The minimum Gasteiger partial charge on any atom is -0.479 e. The van der Waals surface area contributed by atoms with Gasteiger partial charge in [0.15, 0.2) is 12.3 Å². The Hall–Kier alpha value is -4.19. The van der Waals surface area contributed by atoms with Crippen molar-refractivity contribution in [1.29, 1.82) is 0 Å². The molecule has 2 aromatic rings. The van der Waals surface area contributed by atoms with Gasteiger partial charge < -0.3 is 50.9 Å². The Labute approximate surface area is 333 Å². The van der Waals surface area contributed by atoms with Crippen LogP contribution in [0.5, 0.6) is 0 Å². The summed E-state index contributed by atoms with van der Waals surface area (Å²) in [5.74, 6) is -2.53. The Morgan fingerprint density at radius 3 is 2.39 bits per heavy atom. The number of hydrogen-bond acceptors (Lipinski definition) is 12. The van der Waals surface area contributed by atoms with Crippen molar-refractivity contribution in [3.05, 3.63) is 95.3 Å². The zero-order chi connectivity index (χ0) is 41.0. The van der Waals surface area contributed by atoms with E-state index in [1.807, 2.05) is 86.3 Å². The summed E-state index contributed by atoms with van der Waals surface area (Å²) in [5, 5.41) is 69.4. The molecule has 0 bridgehead atoms. The molecule has 15 heteroatoms. The summed E-state index contributed by atoms with van der Waals surface area (Å²) < 4.78 is 5.53. The van der Waals surface area contributed by atoms with Crippen LogP contribution in [0, 0.1) is 5.92 Å². The van der Waals surface area contributed by atoms with Crippen molar-refractivity contribution in [2.75, 3.05) is 32.7 Å². The third-order valence-electron chi connectivity index (χ3n) is 11.1. The number of hydrogen-bond donors (Lipinski definition) is 8. The number of aliphatic hydroxyl groups is 5. The quantitative estimate of drug-likeness (QED) is 0.137. The molecule has 1 unspecified atom stereocenters. The predicted molar refractivity (Wildman–Crippen MR) is 209 cm³/mol. The first kappa shape index (κ1) is 42.4. The van der Waals surface area contributed by atoms with Crippen LogP contribution in [0.3, 0.4) is 0 Å². The Morgan fingerprint density at radius 1 is 0.947 bits per heavy atom. The molecule has 4 aliphatic rings. The van der Waals surface area contributed by atoms with Crippen LogP contribution < -0.4 is 10.6 Å². The number of nitrogens with zero attached hydrogens (tertiary/aromatic N) is 3. The predicted octanol–water partition coefficient (Wildman–Crippen LogP) is 0.267. The second kappa shape index (κ2) is 18.2. The number of carboxylic acids is 1. The van der Waals surface area contributed by atoms with Gasteiger partial charge in [-0.2, -0.15) is 0 Å². The maximum absolute atomic E-state index is 14.0. The molecular weight excluding hydrogens is 734 g/mol. The monoisotopic (exact) mass is 791 g/mol. The summed E-state index contributed by atoms with van der Waals surface area (Å²) in [6.45, 7) is 7.61. The second-order valence-electron chi connectivity index (χ2n) is 16.8. The maximum atomic E-state index is 14.0. The molecule has 0 aromatic heterocycles. The van der Waals surface area contributed by atoms with E-state index in [9.17, 15) is 45.0 Å². The van der Waals surface area contributed by atoms with Crippen LogP contribution in [0.25, 0.3) is 0 Å². The number of rotatable bonds is 13. The van der Waals surface area contributed by atoms with Gasteiger partial charge in [0.25, 0.3) is 0 Å². The Kier molecular flexibility index (Phi) is 13.5. The van der Waals surface area contributed by atoms with Crippen molar-refractivity contribution in [1.82, 2.24) is 25.3 Å². The van der Waals surface area contributed by atoms with Gasteiger partial charge in [-0.1, -0.05) is 60.7 Å². The molecule has 1 aliphatic carbocycles. The summed E-state index contributed by atoms with van der Waals surface area (Å²) in [5.41, 5.74) is 3.19. The van der Waals surface area contributed by atoms with Gasteiger partial charge in [0.1, 0.15) is 24.4 Å². The number of piperazine rings is 1. The van der Waals surface area contributed by atoms with E-state index in [2.05, 4.69) is 15.5 Å². The molecule has 0 spiro atoms. The average molecular weight is 792 g/mol. The number of fused-ring (bicyclic) bond motifs is 1. The number of amides is 2. The van der Waals surface area contributed by atoms with E-state index < -0.39 is 72.4 Å². The number of carbonyl (C=O) groups excluding carboxylic acids is 2. The van der Waals surface area contributed by atoms with E-state index in [-0.39, 0.29) is 24.8 Å². The van der Waals surface area contributed by atoms with Crippen LogP contribution in [0.4, 0.5) is 0 Å². The molecule has 10 atom stereocenters. The van der Waals surface area contributed by atoms with Crippen molar-refractivity contribution < 1.29 is 49.8 Å². The molecule has 2 saturated heterocycles. The van der Waals surface area contributed by atoms with Crippen LogP contribution in [-0.4, -0.2) is 150 Å². The van der Waals surface area contributed by atoms with Gasteiger partial charge in [0.2, 0.25) is 11.8 Å². The van der Waals surface area contributed by atoms with Gasteiger partial charge in [-0.3, -0.25) is 19.4 Å². The van der Waals surface area contributed by atoms with Gasteiger partial charge in [0.05, 0.1) is 18.2 Å². The second-order valence-corrected chi connectivity index (χ2v) is 16.8. The van der Waals surface area contributed by atoms with E-state index in [0.717, 1.165) is 22.3 Å². The third kappa shape index (κ3) is 10.5. The van der Waals surface area contributed by atoms with Gasteiger partial charge in [-0.25, -0.2) is 4.79 Å². The molecule has 3 heterocycles. The molecule has 15 nitrogen and oxygen atoms in total. The van der Waals surface area contributed by atoms with Crippen LogP contribution in [-0.2, 0) is 32.0 Å². The highest BCUT2D eigenvalue weighted by Gasteiger charge is 2.48. The number of allylic oxidation sites excluding steroid dienone is 1. The van der Waals surface area contributed by atoms with Crippen molar-refractivity contribution in [2.24, 2.45) is 5.92 Å². The fourth-order valence-electron chi connectivity index (χ4n) is 8.31. The first-order valence-electron chi connectivity index (χ1n) is 19.7. The minimum atomic E-state index is -1.80. The van der Waals surface area contributed by atoms with Gasteiger partial charge in [-0.05, 0) is 62.3 Å². The van der Waals surface area contributed by atoms with E-state index >= 15 is 0 Å². The molecule has 0 radical (unpaired) electrons. The number of benzene rings is 2. The molecule has 8 N–H and O–H groups in total. The van der Waals surface area contributed by atoms with Crippen molar-refractivity contribution in [3.8, 4) is 0 Å². The lowest BCUT2D eigenvalue weighted by atomic mass is 9.91. The highest BCUT2D eigenvalue weighted by molar-refractivity contribution is 5.83. The zero-order valence-electron chi connectivity index (χ0n) is 32.7. The molecule has 2 fully saturated rings. The van der Waals surface area contributed by atoms with Crippen molar-refractivity contribution in [3.63, 3.8) is 0 Å². The zero-order valence-corrected chi connectivity index (χ0v) is 32.7. The number of β-amino-alcohol motifs (C(OH)–C–C–N with tert-alkyl or cyclic N) is 1. The lowest BCUT2D eigenvalue weighted by Crippen LogP contribution is -2.63. The molecule has 0 saturated carbocycles. The topological polar surface area (TPSA) is 216 Å². The molecule has 3 aliphatic heterocycles. The summed E-state index contributed by atoms with van der Waals surface area (Å²) in [6, 6.07) is 16.1. The molecule has 6 rings (SSSR count). The van der Waals surface area contributed by atoms with Gasteiger partial charge >= 0.3 is 5.97 Å². The lowest BCUT2D eigenvalue weighted by molar-refractivity contribution is -0.248. The third-order valence-corrected chi connectivity index (χ3v) is 11.1. The molecular formula is C42H57N5O10. The Bertz CT molecular complexity index is 1790. The van der Waals surface area contributed by atoms with Crippen LogP contribution in [0.1, 0.15) is 56.3 Å². The van der Waals surface area contributed by atoms with Crippen LogP contribution in [0.2, 0.25) is 0 Å². The number of ether oxygens (including phenoxy) is 1. The number of aliphatic hydroxyl groups excluding tert-OH is 5. The highest BCUT2D eigenvalue weighted by Crippen LogP contribution is 2.32. The van der Waals surface area contributed by atoms with Crippen LogP contribution >= 0.6 is 0 Å². The lowest BCUT2D eigenvalue weighted by Gasteiger charge is -2.44. The Balaban J connectivity index is 1.14. The standard InChI is InChI=1S/C42H57N5O10/c1-42(2,3)44-39(54)31-24-45(21-26-12-9-15-47(22-26)40-36(52)34(50)35(51)37(57-40)41(55)56)16-17-46(31)23-29(48)19-28(18-25-10-5-4-6-11-25)38(53)43-33-30-14-8-7-13-27(30)20-32(33)49/h4-11,13-15,22,28-29,31-37,40,48-52H,12,16-21,23-24H2,1-3H3,(H,43,53)(H,44,54)(H,55,56)/t28-,29-,31-,32+,33-,34-,35-,36+,37-,40?/m0/s1. The minimum absolute atomic E-state index is 0.137. The first-order valence-corrected chi connectivity index (χ1v) is 19.7. The van der Waals surface area contributed by atoms with E-state index in [1.165, 1.54) is 4.90 Å². The van der Waals surface area contributed by atoms with E-state index in [0.29, 0.717) is 45.4 Å². The number of nitrogens with one attached hydrogen (secondary N) is 2. The average Bonchev–Trinajstić information content (AvgIpc) is 3.48. The summed E-state index contributed by atoms with van der Waals surface area (Å²) >= 11 is 0. The smallest absolute Gasteiger partial charge is 0.335 e. The number of carbonyl (C=O) groups is 3. The summed E-state index contributed by atoms with van der Waals surface area (Å²) in [6.07, 6.45) is -3.13. The summed E-state index contributed by atoms with van der Waals surface area (Å²) in [7, 11) is 0. The fourth-order valence-corrected chi connectivity index (χ4v) is 8.31. The van der Waals surface area contributed by atoms with E-state index in [1.54, 1.807) is 12.4 Å². The normalized spacial score (nSPS) is 29.3. The summed E-state index contributed by atoms with van der Waals surface area (Å²) in [4.78, 5) is 45.1. The molecule has 2 aromatic carbocycles. The number of carboxylic acid groups (broad SMARTS) is 1.